The molecule has 0 atom stereocenters. The average molecular weight is 192 g/mol. The molecule has 1 aromatic rings. The molecule has 0 aromatic heterocycles. The Balaban J connectivity index is 2.42. The third kappa shape index (κ3) is 1.69. The van der Waals surface area contributed by atoms with Gasteiger partial charge in [-0.1, -0.05) is 43.0 Å². The van der Waals surface area contributed by atoms with E-state index >= 15 is 0 Å². The zero-order valence-corrected chi connectivity index (χ0v) is 9.55. The summed E-state index contributed by atoms with van der Waals surface area (Å²) < 4.78 is 5.40. The zero-order chi connectivity index (χ0) is 9.47. The predicted molar refractivity (Wildman–Crippen MR) is 57.9 cm³/mol. The van der Waals surface area contributed by atoms with Crippen LogP contribution in [0, 0.1) is 0 Å². The van der Waals surface area contributed by atoms with Gasteiger partial charge in [0.05, 0.1) is 21.3 Å². The van der Waals surface area contributed by atoms with Crippen molar-refractivity contribution in [3.63, 3.8) is 0 Å². The van der Waals surface area contributed by atoms with E-state index in [0.29, 0.717) is 0 Å². The Morgan fingerprint density at radius 3 is 2.46 bits per heavy atom. The van der Waals surface area contributed by atoms with Gasteiger partial charge >= 0.3 is 0 Å². The molecule has 0 unspecified atom stereocenters. The maximum atomic E-state index is 5.40. The molecule has 0 N–H and O–H groups in total. The number of rotatable bonds is 1. The van der Waals surface area contributed by atoms with E-state index in [2.05, 4.69) is 37.8 Å². The van der Waals surface area contributed by atoms with Crippen molar-refractivity contribution in [1.82, 2.24) is 0 Å². The maximum Gasteiger partial charge on any atom is 0.0776 e. The van der Waals surface area contributed by atoms with E-state index in [4.69, 9.17) is 4.74 Å². The minimum absolute atomic E-state index is 0.807. The summed E-state index contributed by atoms with van der Waals surface area (Å²) in [6.07, 6.45) is 0. The summed E-state index contributed by atoms with van der Waals surface area (Å²) in [6, 6.07) is 6.85. The summed E-state index contributed by atoms with van der Waals surface area (Å²) >= 11 is 0. The van der Waals surface area contributed by atoms with E-state index in [-0.39, 0.29) is 0 Å². The van der Waals surface area contributed by atoms with Gasteiger partial charge in [-0.15, -0.1) is 0 Å². The lowest BCUT2D eigenvalue weighted by atomic mass is 10.1. The molecule has 1 nitrogen and oxygen atoms in total. The van der Waals surface area contributed by atoms with Crippen molar-refractivity contribution in [2.24, 2.45) is 0 Å². The Labute approximate surface area is 80.7 Å². The van der Waals surface area contributed by atoms with Gasteiger partial charge in [-0.05, 0) is 11.1 Å². The van der Waals surface area contributed by atoms with E-state index in [1.165, 1.54) is 16.3 Å². The minimum atomic E-state index is -1.13. The minimum Gasteiger partial charge on any atom is -0.372 e. The molecule has 0 saturated carbocycles. The van der Waals surface area contributed by atoms with Crippen molar-refractivity contribution < 1.29 is 4.74 Å². The smallest absolute Gasteiger partial charge is 0.0776 e. The van der Waals surface area contributed by atoms with Crippen molar-refractivity contribution in [3.05, 3.63) is 29.3 Å². The number of hydrogen-bond acceptors (Lipinski definition) is 1. The number of hydrogen-bond donors (Lipinski definition) is 0. The quantitative estimate of drug-likeness (QED) is 0.620. The molecule has 2 heteroatoms. The van der Waals surface area contributed by atoms with E-state index in [1.807, 2.05) is 0 Å². The second kappa shape index (κ2) is 2.96. The molecule has 0 aliphatic carbocycles. The highest BCUT2D eigenvalue weighted by atomic mass is 28.3. The van der Waals surface area contributed by atoms with E-state index < -0.39 is 8.07 Å². The predicted octanol–water partition coefficient (Wildman–Crippen LogP) is 2.26. The molecule has 0 spiro atoms. The topological polar surface area (TPSA) is 9.23 Å². The molecular formula is C11H16OSi. The van der Waals surface area contributed by atoms with Gasteiger partial charge < -0.3 is 4.74 Å². The third-order valence-corrected chi connectivity index (χ3v) is 4.63. The van der Waals surface area contributed by atoms with Crippen LogP contribution in [-0.4, -0.2) is 8.07 Å². The fraction of sp³-hybridized carbons (Fsp3) is 0.455. The first kappa shape index (κ1) is 8.97. The van der Waals surface area contributed by atoms with E-state index in [9.17, 15) is 0 Å². The van der Waals surface area contributed by atoms with Crippen LogP contribution in [0.2, 0.25) is 19.6 Å². The van der Waals surface area contributed by atoms with Crippen LogP contribution in [0.4, 0.5) is 0 Å². The lowest BCUT2D eigenvalue weighted by Gasteiger charge is -2.17. The summed E-state index contributed by atoms with van der Waals surface area (Å²) in [6.45, 7) is 8.76. The molecule has 0 radical (unpaired) electrons. The van der Waals surface area contributed by atoms with Crippen LogP contribution in [0.15, 0.2) is 18.2 Å². The normalized spacial score (nSPS) is 15.9. The van der Waals surface area contributed by atoms with Crippen LogP contribution in [-0.2, 0) is 18.0 Å². The van der Waals surface area contributed by atoms with Gasteiger partial charge in [0.25, 0.3) is 0 Å². The molecule has 0 amide bonds. The van der Waals surface area contributed by atoms with Crippen molar-refractivity contribution in [1.29, 1.82) is 0 Å². The average Bonchev–Trinajstić information content (AvgIpc) is 2.47. The van der Waals surface area contributed by atoms with Crippen LogP contribution in [0.5, 0.6) is 0 Å². The van der Waals surface area contributed by atoms with Gasteiger partial charge in [0.1, 0.15) is 0 Å². The molecule has 13 heavy (non-hydrogen) atoms. The fourth-order valence-corrected chi connectivity index (χ4v) is 2.83. The van der Waals surface area contributed by atoms with Gasteiger partial charge in [-0.2, -0.15) is 0 Å². The molecule has 1 aliphatic heterocycles. The largest absolute Gasteiger partial charge is 0.372 e. The molecule has 0 fully saturated rings. The lowest BCUT2D eigenvalue weighted by Crippen LogP contribution is -2.37. The van der Waals surface area contributed by atoms with Crippen molar-refractivity contribution in [2.45, 2.75) is 32.9 Å². The highest BCUT2D eigenvalue weighted by molar-refractivity contribution is 6.88. The lowest BCUT2D eigenvalue weighted by molar-refractivity contribution is 0.134. The number of fused-ring (bicyclic) bond motifs is 1. The van der Waals surface area contributed by atoms with Gasteiger partial charge in [0.15, 0.2) is 0 Å². The van der Waals surface area contributed by atoms with Crippen LogP contribution in [0.3, 0.4) is 0 Å². The zero-order valence-electron chi connectivity index (χ0n) is 8.55. The van der Waals surface area contributed by atoms with Crippen molar-refractivity contribution in [3.8, 4) is 0 Å². The Bertz CT molecular complexity index is 325. The molecular weight excluding hydrogens is 176 g/mol. The van der Waals surface area contributed by atoms with Crippen LogP contribution >= 0.6 is 0 Å². The number of ether oxygens (including phenoxy) is 1. The first-order chi connectivity index (χ1) is 6.07. The fourth-order valence-electron chi connectivity index (χ4n) is 1.64. The van der Waals surface area contributed by atoms with Crippen LogP contribution < -0.4 is 5.19 Å². The van der Waals surface area contributed by atoms with E-state index in [0.717, 1.165) is 13.2 Å². The summed E-state index contributed by atoms with van der Waals surface area (Å²) in [5, 5.41) is 1.54. The first-order valence-electron chi connectivity index (χ1n) is 4.77. The third-order valence-electron chi connectivity index (χ3n) is 2.59. The van der Waals surface area contributed by atoms with Crippen LogP contribution in [0.1, 0.15) is 11.1 Å². The van der Waals surface area contributed by atoms with Gasteiger partial charge in [0, 0.05) is 0 Å². The molecule has 2 rings (SSSR count). The Hall–Kier alpha value is -0.603. The molecule has 1 aromatic carbocycles. The summed E-state index contributed by atoms with van der Waals surface area (Å²) in [7, 11) is -1.13. The van der Waals surface area contributed by atoms with Crippen molar-refractivity contribution in [2.75, 3.05) is 0 Å². The monoisotopic (exact) mass is 192 g/mol. The second-order valence-electron chi connectivity index (χ2n) is 4.73. The van der Waals surface area contributed by atoms with Crippen LogP contribution in [0.25, 0.3) is 0 Å². The summed E-state index contributed by atoms with van der Waals surface area (Å²) in [5.41, 5.74) is 2.78. The Kier molecular flexibility index (Phi) is 2.04. The molecule has 0 saturated heterocycles. The van der Waals surface area contributed by atoms with Gasteiger partial charge in [0.2, 0.25) is 0 Å². The number of benzene rings is 1. The molecule has 1 aliphatic rings. The highest BCUT2D eigenvalue weighted by Gasteiger charge is 2.19. The maximum absolute atomic E-state index is 5.40. The molecule has 0 bridgehead atoms. The van der Waals surface area contributed by atoms with Crippen molar-refractivity contribution >= 4 is 13.3 Å². The Morgan fingerprint density at radius 2 is 1.77 bits per heavy atom. The molecule has 1 heterocycles. The SMILES string of the molecule is C[Si](C)(C)c1ccc2c(c1)COC2. The van der Waals surface area contributed by atoms with E-state index in [1.54, 1.807) is 0 Å². The Morgan fingerprint density at radius 1 is 1.08 bits per heavy atom. The highest BCUT2D eigenvalue weighted by Crippen LogP contribution is 2.19. The molecule has 70 valence electrons. The summed E-state index contributed by atoms with van der Waals surface area (Å²) in [4.78, 5) is 0. The standard InChI is InChI=1S/C11H16OSi/c1-13(2,3)11-5-4-9-7-12-8-10(9)6-11/h4-6H,7-8H2,1-3H3. The van der Waals surface area contributed by atoms with Gasteiger partial charge in [-0.25, -0.2) is 0 Å². The summed E-state index contributed by atoms with van der Waals surface area (Å²) in [5.74, 6) is 0. The second-order valence-corrected chi connectivity index (χ2v) is 9.80. The van der Waals surface area contributed by atoms with Gasteiger partial charge in [-0.3, -0.25) is 0 Å². The first-order valence-corrected chi connectivity index (χ1v) is 8.27.